The highest BCUT2D eigenvalue weighted by Gasteiger charge is 2.34. The number of nitrogens with zero attached hydrogens (tertiary/aromatic N) is 2. The van der Waals surface area contributed by atoms with Crippen LogP contribution >= 0.6 is 0 Å². The van der Waals surface area contributed by atoms with Crippen LogP contribution in [0.2, 0.25) is 0 Å². The first-order valence-corrected chi connectivity index (χ1v) is 15.9. The minimum Gasteiger partial charge on any atom is -0.497 e. The van der Waals surface area contributed by atoms with Crippen LogP contribution in [0.5, 0.6) is 17.2 Å². The topological polar surface area (TPSA) is 114 Å². The van der Waals surface area contributed by atoms with Crippen molar-refractivity contribution in [2.24, 2.45) is 0 Å². The van der Waals surface area contributed by atoms with Gasteiger partial charge in [0.25, 0.3) is 10.0 Å². The van der Waals surface area contributed by atoms with Gasteiger partial charge in [0, 0.05) is 18.7 Å². The minimum atomic E-state index is -4.38. The zero-order valence-electron chi connectivity index (χ0n) is 25.3. The second kappa shape index (κ2) is 14.4. The predicted molar refractivity (Wildman–Crippen MR) is 164 cm³/mol. The van der Waals surface area contributed by atoms with Crippen molar-refractivity contribution in [3.8, 4) is 17.2 Å². The van der Waals surface area contributed by atoms with Crippen LogP contribution in [0.1, 0.15) is 39.2 Å². The minimum absolute atomic E-state index is 0.0383. The average molecular weight is 628 g/mol. The van der Waals surface area contributed by atoms with E-state index in [0.29, 0.717) is 24.5 Å². The average Bonchev–Trinajstić information content (AvgIpc) is 3.03. The Morgan fingerprint density at radius 3 is 2.23 bits per heavy atom. The summed E-state index contributed by atoms with van der Waals surface area (Å²) in [6.07, 6.45) is 0.982. The predicted octanol–water partition coefficient (Wildman–Crippen LogP) is 4.52. The van der Waals surface area contributed by atoms with E-state index in [1.54, 1.807) is 38.3 Å². The number of amides is 2. The third-order valence-corrected chi connectivity index (χ3v) is 9.16. The molecule has 3 aromatic carbocycles. The summed E-state index contributed by atoms with van der Waals surface area (Å²) < 4.78 is 59.4. The summed E-state index contributed by atoms with van der Waals surface area (Å²) in [5.74, 6) is -0.226. The van der Waals surface area contributed by atoms with Crippen LogP contribution in [0.3, 0.4) is 0 Å². The lowest BCUT2D eigenvalue weighted by Gasteiger charge is -2.34. The molecule has 0 saturated carbocycles. The Kier molecular flexibility index (Phi) is 10.7. The van der Waals surface area contributed by atoms with Crippen molar-refractivity contribution in [2.45, 2.75) is 57.1 Å². The number of fused-ring (bicyclic) bond motifs is 1. The van der Waals surface area contributed by atoms with Crippen LogP contribution in [0.15, 0.2) is 71.6 Å². The maximum absolute atomic E-state index is 14.2. The molecule has 1 aliphatic heterocycles. The molecule has 44 heavy (non-hydrogen) atoms. The number of hydrogen-bond donors (Lipinski definition) is 1. The molecule has 10 nitrogen and oxygen atoms in total. The van der Waals surface area contributed by atoms with Crippen molar-refractivity contribution in [2.75, 3.05) is 31.2 Å². The lowest BCUT2D eigenvalue weighted by Crippen LogP contribution is -2.53. The normalized spacial score (nSPS) is 13.8. The van der Waals surface area contributed by atoms with Crippen molar-refractivity contribution < 1.29 is 36.6 Å². The molecule has 0 saturated heterocycles. The van der Waals surface area contributed by atoms with Crippen molar-refractivity contribution in [3.05, 3.63) is 78.1 Å². The molecule has 2 atom stereocenters. The Labute approximate surface area is 257 Å². The molecule has 1 aliphatic rings. The summed E-state index contributed by atoms with van der Waals surface area (Å²) in [7, 11) is -2.83. The molecule has 4 rings (SSSR count). The van der Waals surface area contributed by atoms with Gasteiger partial charge in [-0.2, -0.15) is 0 Å². The van der Waals surface area contributed by atoms with Crippen LogP contribution in [0.4, 0.5) is 10.1 Å². The number of carbonyl (C=O) groups is 2. The van der Waals surface area contributed by atoms with Gasteiger partial charge in [-0.15, -0.1) is 0 Å². The van der Waals surface area contributed by atoms with Gasteiger partial charge in [0.2, 0.25) is 11.8 Å². The SMILES string of the molecule is CCC(C)NC(=O)C(CC)N(Cc1ccc(OC)cc1)C(=O)CN(c1ccc(F)cc1)S(=O)(=O)c1ccc2c(c1)OCCO2. The number of halogens is 1. The van der Waals surface area contributed by atoms with Crippen LogP contribution in [-0.2, 0) is 26.2 Å². The highest BCUT2D eigenvalue weighted by atomic mass is 32.2. The van der Waals surface area contributed by atoms with Crippen LogP contribution in [-0.4, -0.2) is 64.1 Å². The van der Waals surface area contributed by atoms with E-state index in [1.807, 2.05) is 13.8 Å². The monoisotopic (exact) mass is 627 g/mol. The van der Waals surface area contributed by atoms with Gasteiger partial charge in [0.05, 0.1) is 17.7 Å². The Hall–Kier alpha value is -4.32. The van der Waals surface area contributed by atoms with Gasteiger partial charge >= 0.3 is 0 Å². The largest absolute Gasteiger partial charge is 0.497 e. The number of ether oxygens (including phenoxy) is 3. The zero-order chi connectivity index (χ0) is 31.9. The van der Waals surface area contributed by atoms with Gasteiger partial charge in [0.1, 0.15) is 37.4 Å². The van der Waals surface area contributed by atoms with Gasteiger partial charge in [-0.1, -0.05) is 26.0 Å². The lowest BCUT2D eigenvalue weighted by atomic mass is 10.1. The summed E-state index contributed by atoms with van der Waals surface area (Å²) in [6.45, 7) is 5.59. The van der Waals surface area contributed by atoms with Crippen molar-refractivity contribution in [1.82, 2.24) is 10.2 Å². The molecular formula is C32H38FN3O7S. The third kappa shape index (κ3) is 7.60. The molecule has 3 aromatic rings. The standard InChI is InChI=1S/C32H38FN3O7S/c1-5-22(3)34-32(38)28(6-2)35(20-23-7-13-26(41-4)14-8-23)31(37)21-36(25-11-9-24(33)10-12-25)44(39,40)27-15-16-29-30(19-27)43-18-17-42-29/h7-16,19,22,28H,5-6,17-18,20-21H2,1-4H3,(H,34,38). The highest BCUT2D eigenvalue weighted by Crippen LogP contribution is 2.34. The van der Waals surface area contributed by atoms with E-state index in [9.17, 15) is 22.4 Å². The maximum atomic E-state index is 14.2. The van der Waals surface area contributed by atoms with Crippen molar-refractivity contribution in [3.63, 3.8) is 0 Å². The molecule has 0 fully saturated rings. The number of rotatable bonds is 13. The fourth-order valence-electron chi connectivity index (χ4n) is 4.74. The number of sulfonamides is 1. The molecule has 0 bridgehead atoms. The van der Waals surface area contributed by atoms with Gasteiger partial charge in [-0.05, 0) is 73.9 Å². The van der Waals surface area contributed by atoms with Gasteiger partial charge in [0.15, 0.2) is 11.5 Å². The molecule has 2 amide bonds. The van der Waals surface area contributed by atoms with E-state index in [1.165, 1.54) is 35.2 Å². The van der Waals surface area contributed by atoms with Crippen molar-refractivity contribution >= 4 is 27.5 Å². The third-order valence-electron chi connectivity index (χ3n) is 7.39. The molecule has 1 N–H and O–H groups in total. The number of benzene rings is 3. The first-order chi connectivity index (χ1) is 21.1. The summed E-state index contributed by atoms with van der Waals surface area (Å²) in [5.41, 5.74) is 0.799. The summed E-state index contributed by atoms with van der Waals surface area (Å²) in [4.78, 5) is 28.8. The smallest absolute Gasteiger partial charge is 0.264 e. The van der Waals surface area contributed by atoms with Gasteiger partial charge in [-0.3, -0.25) is 13.9 Å². The number of nitrogens with one attached hydrogen (secondary N) is 1. The number of carbonyl (C=O) groups excluding carboxylic acids is 2. The Morgan fingerprint density at radius 1 is 0.955 bits per heavy atom. The van der Waals surface area contributed by atoms with E-state index in [4.69, 9.17) is 14.2 Å². The van der Waals surface area contributed by atoms with E-state index in [0.717, 1.165) is 22.0 Å². The Balaban J connectivity index is 1.73. The first-order valence-electron chi connectivity index (χ1n) is 14.5. The fourth-order valence-corrected chi connectivity index (χ4v) is 6.17. The van der Waals surface area contributed by atoms with Gasteiger partial charge < -0.3 is 24.4 Å². The maximum Gasteiger partial charge on any atom is 0.264 e. The first kappa shape index (κ1) is 32.6. The highest BCUT2D eigenvalue weighted by molar-refractivity contribution is 7.92. The molecule has 0 spiro atoms. The molecule has 12 heteroatoms. The molecule has 2 unspecified atom stereocenters. The summed E-state index contributed by atoms with van der Waals surface area (Å²) >= 11 is 0. The molecule has 1 heterocycles. The second-order valence-corrected chi connectivity index (χ2v) is 12.3. The Bertz CT molecular complexity index is 1550. The molecular weight excluding hydrogens is 589 g/mol. The van der Waals surface area contributed by atoms with Crippen LogP contribution in [0.25, 0.3) is 0 Å². The lowest BCUT2D eigenvalue weighted by molar-refractivity contribution is -0.140. The Morgan fingerprint density at radius 2 is 1.61 bits per heavy atom. The molecule has 236 valence electrons. The van der Waals surface area contributed by atoms with E-state index in [2.05, 4.69) is 5.32 Å². The zero-order valence-corrected chi connectivity index (χ0v) is 26.1. The summed E-state index contributed by atoms with van der Waals surface area (Å²) in [5, 5.41) is 2.94. The number of methoxy groups -OCH3 is 1. The quantitative estimate of drug-likeness (QED) is 0.296. The van der Waals surface area contributed by atoms with E-state index in [-0.39, 0.29) is 47.9 Å². The van der Waals surface area contributed by atoms with Crippen LogP contribution < -0.4 is 23.8 Å². The molecule has 0 aromatic heterocycles. The summed E-state index contributed by atoms with van der Waals surface area (Å²) in [6, 6.07) is 15.1. The van der Waals surface area contributed by atoms with E-state index < -0.39 is 34.3 Å². The van der Waals surface area contributed by atoms with Crippen molar-refractivity contribution in [1.29, 1.82) is 0 Å². The van der Waals surface area contributed by atoms with Gasteiger partial charge in [-0.25, -0.2) is 12.8 Å². The number of hydrogen-bond acceptors (Lipinski definition) is 7. The van der Waals surface area contributed by atoms with E-state index >= 15 is 0 Å². The molecule has 0 radical (unpaired) electrons. The second-order valence-electron chi connectivity index (χ2n) is 10.4. The number of anilines is 1. The molecule has 0 aliphatic carbocycles. The van der Waals surface area contributed by atoms with Crippen LogP contribution in [0, 0.1) is 5.82 Å². The fraction of sp³-hybridized carbons (Fsp3) is 0.375.